The summed E-state index contributed by atoms with van der Waals surface area (Å²) in [5.74, 6) is 0.662. The normalized spacial score (nSPS) is 34.2. The molecule has 1 saturated carbocycles. The standard InChI is InChI=1S/C14H26N2O2/c1-3-12-5-4-6-14(11-12,13(17)18-2)16-9-7-15-8-10-16/h12,15H,3-11H2,1-2H3. The fourth-order valence-corrected chi connectivity index (χ4v) is 3.60. The first-order valence-corrected chi connectivity index (χ1v) is 7.27. The highest BCUT2D eigenvalue weighted by atomic mass is 16.5. The molecule has 104 valence electrons. The molecule has 0 aromatic carbocycles. The fourth-order valence-electron chi connectivity index (χ4n) is 3.60. The third-order valence-electron chi connectivity index (χ3n) is 4.69. The predicted octanol–water partition coefficient (Wildman–Crippen LogP) is 1.40. The lowest BCUT2D eigenvalue weighted by Crippen LogP contribution is -2.62. The van der Waals surface area contributed by atoms with E-state index >= 15 is 0 Å². The first-order chi connectivity index (χ1) is 8.73. The van der Waals surface area contributed by atoms with Crippen LogP contribution in [0.3, 0.4) is 0 Å². The molecule has 4 nitrogen and oxygen atoms in total. The first-order valence-electron chi connectivity index (χ1n) is 7.27. The highest BCUT2D eigenvalue weighted by Gasteiger charge is 2.48. The van der Waals surface area contributed by atoms with E-state index in [1.54, 1.807) is 0 Å². The number of nitrogens with zero attached hydrogens (tertiary/aromatic N) is 1. The van der Waals surface area contributed by atoms with Crippen LogP contribution < -0.4 is 5.32 Å². The van der Waals surface area contributed by atoms with Gasteiger partial charge in [-0.2, -0.15) is 0 Å². The monoisotopic (exact) mass is 254 g/mol. The highest BCUT2D eigenvalue weighted by molar-refractivity contribution is 5.81. The van der Waals surface area contributed by atoms with Crippen LogP contribution in [0.4, 0.5) is 0 Å². The maximum atomic E-state index is 12.4. The summed E-state index contributed by atoms with van der Waals surface area (Å²) in [5.41, 5.74) is -0.338. The van der Waals surface area contributed by atoms with Crippen LogP contribution in [0, 0.1) is 5.92 Å². The summed E-state index contributed by atoms with van der Waals surface area (Å²) in [7, 11) is 1.53. The van der Waals surface area contributed by atoms with Gasteiger partial charge in [-0.25, -0.2) is 0 Å². The molecule has 1 aliphatic carbocycles. The minimum Gasteiger partial charge on any atom is -0.468 e. The maximum Gasteiger partial charge on any atom is 0.326 e. The molecule has 1 heterocycles. The van der Waals surface area contributed by atoms with Crippen LogP contribution in [-0.4, -0.2) is 49.7 Å². The summed E-state index contributed by atoms with van der Waals surface area (Å²) >= 11 is 0. The number of esters is 1. The molecule has 0 amide bonds. The summed E-state index contributed by atoms with van der Waals surface area (Å²) in [5, 5.41) is 3.36. The maximum absolute atomic E-state index is 12.4. The lowest BCUT2D eigenvalue weighted by atomic mass is 9.73. The summed E-state index contributed by atoms with van der Waals surface area (Å²) in [6, 6.07) is 0. The molecular weight excluding hydrogens is 228 g/mol. The summed E-state index contributed by atoms with van der Waals surface area (Å²) in [4.78, 5) is 14.7. The molecule has 2 rings (SSSR count). The molecule has 1 N–H and O–H groups in total. The van der Waals surface area contributed by atoms with Crippen molar-refractivity contribution in [1.82, 2.24) is 10.2 Å². The van der Waals surface area contributed by atoms with Gasteiger partial charge in [0.2, 0.25) is 0 Å². The van der Waals surface area contributed by atoms with Gasteiger partial charge >= 0.3 is 5.97 Å². The summed E-state index contributed by atoms with van der Waals surface area (Å²) in [6.45, 7) is 6.12. The van der Waals surface area contributed by atoms with Gasteiger partial charge in [-0.05, 0) is 18.8 Å². The van der Waals surface area contributed by atoms with Crippen molar-refractivity contribution in [2.24, 2.45) is 5.92 Å². The van der Waals surface area contributed by atoms with Crippen LogP contribution in [-0.2, 0) is 9.53 Å². The Morgan fingerprint density at radius 3 is 2.78 bits per heavy atom. The second-order valence-corrected chi connectivity index (χ2v) is 5.63. The van der Waals surface area contributed by atoms with Crippen LogP contribution >= 0.6 is 0 Å². The minimum absolute atomic E-state index is 0.0115. The molecule has 18 heavy (non-hydrogen) atoms. The number of piperazine rings is 1. The predicted molar refractivity (Wildman–Crippen MR) is 71.4 cm³/mol. The van der Waals surface area contributed by atoms with Crippen molar-refractivity contribution >= 4 is 5.97 Å². The Bertz CT molecular complexity index is 290. The molecule has 1 aliphatic heterocycles. The quantitative estimate of drug-likeness (QED) is 0.773. The highest BCUT2D eigenvalue weighted by Crippen LogP contribution is 2.39. The molecule has 2 atom stereocenters. The number of ether oxygens (including phenoxy) is 1. The van der Waals surface area contributed by atoms with Crippen LogP contribution in [0.5, 0.6) is 0 Å². The average molecular weight is 254 g/mol. The Kier molecular flexibility index (Phi) is 4.62. The van der Waals surface area contributed by atoms with E-state index in [1.165, 1.54) is 20.0 Å². The number of rotatable bonds is 3. The Hall–Kier alpha value is -0.610. The van der Waals surface area contributed by atoms with Gasteiger partial charge in [-0.1, -0.05) is 26.2 Å². The lowest BCUT2D eigenvalue weighted by Gasteiger charge is -2.47. The van der Waals surface area contributed by atoms with Crippen molar-refractivity contribution in [3.8, 4) is 0 Å². The molecule has 0 aromatic heterocycles. The van der Waals surface area contributed by atoms with E-state index in [1.807, 2.05) is 0 Å². The molecule has 2 aliphatic rings. The van der Waals surface area contributed by atoms with Crippen molar-refractivity contribution in [2.45, 2.75) is 44.6 Å². The fraction of sp³-hybridized carbons (Fsp3) is 0.929. The van der Waals surface area contributed by atoms with Gasteiger partial charge < -0.3 is 10.1 Å². The number of nitrogens with one attached hydrogen (secondary N) is 1. The molecule has 0 radical (unpaired) electrons. The molecule has 4 heteroatoms. The Morgan fingerprint density at radius 1 is 1.44 bits per heavy atom. The first kappa shape index (κ1) is 13.8. The lowest BCUT2D eigenvalue weighted by molar-refractivity contribution is -0.160. The van der Waals surface area contributed by atoms with Crippen LogP contribution in [0.2, 0.25) is 0 Å². The zero-order chi connectivity index (χ0) is 13.0. The molecular formula is C14H26N2O2. The van der Waals surface area contributed by atoms with Crippen molar-refractivity contribution in [1.29, 1.82) is 0 Å². The zero-order valence-corrected chi connectivity index (χ0v) is 11.7. The van der Waals surface area contributed by atoms with Crippen LogP contribution in [0.15, 0.2) is 0 Å². The van der Waals surface area contributed by atoms with E-state index in [0.29, 0.717) is 5.92 Å². The van der Waals surface area contributed by atoms with Gasteiger partial charge in [0.1, 0.15) is 5.54 Å². The SMILES string of the molecule is CCC1CCCC(C(=O)OC)(N2CCNCC2)C1. The summed E-state index contributed by atoms with van der Waals surface area (Å²) < 4.78 is 5.14. The molecule has 0 bridgehead atoms. The van der Waals surface area contributed by atoms with Gasteiger partial charge in [0.15, 0.2) is 0 Å². The second kappa shape index (κ2) is 6.02. The molecule has 0 spiro atoms. The third kappa shape index (κ3) is 2.54. The number of hydrogen-bond donors (Lipinski definition) is 1. The van der Waals surface area contributed by atoms with Crippen LogP contribution in [0.1, 0.15) is 39.0 Å². The van der Waals surface area contributed by atoms with E-state index in [-0.39, 0.29) is 11.5 Å². The third-order valence-corrected chi connectivity index (χ3v) is 4.69. The van der Waals surface area contributed by atoms with Crippen molar-refractivity contribution in [2.75, 3.05) is 33.3 Å². The number of carbonyl (C=O) groups is 1. The Balaban J connectivity index is 2.18. The molecule has 1 saturated heterocycles. The van der Waals surface area contributed by atoms with Crippen molar-refractivity contribution in [3.05, 3.63) is 0 Å². The van der Waals surface area contributed by atoms with Crippen molar-refractivity contribution < 1.29 is 9.53 Å². The van der Waals surface area contributed by atoms with Gasteiger partial charge in [0, 0.05) is 26.2 Å². The van der Waals surface area contributed by atoms with Crippen molar-refractivity contribution in [3.63, 3.8) is 0 Å². The number of hydrogen-bond acceptors (Lipinski definition) is 4. The number of carbonyl (C=O) groups excluding carboxylic acids is 1. The topological polar surface area (TPSA) is 41.6 Å². The second-order valence-electron chi connectivity index (χ2n) is 5.63. The molecule has 0 aromatic rings. The van der Waals surface area contributed by atoms with E-state index in [9.17, 15) is 4.79 Å². The molecule has 2 fully saturated rings. The number of methoxy groups -OCH3 is 1. The summed E-state index contributed by atoms with van der Waals surface area (Å²) in [6.07, 6.45) is 5.54. The van der Waals surface area contributed by atoms with E-state index in [4.69, 9.17) is 4.74 Å². The zero-order valence-electron chi connectivity index (χ0n) is 11.7. The largest absolute Gasteiger partial charge is 0.468 e. The van der Waals surface area contributed by atoms with E-state index in [0.717, 1.165) is 45.4 Å². The molecule has 2 unspecified atom stereocenters. The van der Waals surface area contributed by atoms with Gasteiger partial charge in [-0.3, -0.25) is 9.69 Å². The van der Waals surface area contributed by atoms with Gasteiger partial charge in [0.05, 0.1) is 7.11 Å². The van der Waals surface area contributed by atoms with Crippen LogP contribution in [0.25, 0.3) is 0 Å². The van der Waals surface area contributed by atoms with E-state index < -0.39 is 0 Å². The van der Waals surface area contributed by atoms with Gasteiger partial charge in [0.25, 0.3) is 0 Å². The Labute approximate surface area is 110 Å². The Morgan fingerprint density at radius 2 is 2.17 bits per heavy atom. The van der Waals surface area contributed by atoms with Gasteiger partial charge in [-0.15, -0.1) is 0 Å². The average Bonchev–Trinajstić information content (AvgIpc) is 2.47. The minimum atomic E-state index is -0.338. The van der Waals surface area contributed by atoms with E-state index in [2.05, 4.69) is 17.1 Å². The smallest absolute Gasteiger partial charge is 0.326 e.